The molecule has 4 aromatic rings. The lowest BCUT2D eigenvalue weighted by atomic mass is 9.96. The third-order valence-corrected chi connectivity index (χ3v) is 6.53. The van der Waals surface area contributed by atoms with E-state index in [4.69, 9.17) is 9.47 Å². The Kier molecular flexibility index (Phi) is 5.36. The quantitative estimate of drug-likeness (QED) is 0.395. The lowest BCUT2D eigenvalue weighted by Gasteiger charge is -2.20. The molecule has 7 heteroatoms. The monoisotopic (exact) mass is 433 g/mol. The van der Waals surface area contributed by atoms with E-state index in [9.17, 15) is 4.79 Å². The first-order chi connectivity index (χ1) is 15.2. The van der Waals surface area contributed by atoms with Crippen LogP contribution in [0.4, 0.5) is 5.69 Å². The summed E-state index contributed by atoms with van der Waals surface area (Å²) in [4.78, 5) is 17.4. The molecule has 2 aromatic carbocycles. The molecule has 2 aromatic heterocycles. The molecule has 0 unspecified atom stereocenters. The van der Waals surface area contributed by atoms with Crippen LogP contribution in [0.25, 0.3) is 10.9 Å². The zero-order valence-corrected chi connectivity index (χ0v) is 17.9. The molecule has 3 N–H and O–H groups in total. The number of H-pyrrole nitrogens is 1. The van der Waals surface area contributed by atoms with Crippen molar-refractivity contribution in [1.82, 2.24) is 10.3 Å². The third-order valence-electron chi connectivity index (χ3n) is 5.54. The maximum Gasteiger partial charge on any atom is 0.241 e. The number of amides is 1. The van der Waals surface area contributed by atoms with Crippen molar-refractivity contribution in [2.75, 3.05) is 18.7 Å². The molecule has 0 bridgehead atoms. The van der Waals surface area contributed by atoms with Crippen LogP contribution in [-0.4, -0.2) is 30.3 Å². The molecular weight excluding hydrogens is 410 g/mol. The fourth-order valence-corrected chi connectivity index (χ4v) is 4.69. The average molecular weight is 434 g/mol. The number of ether oxygens (including phenoxy) is 2. The molecule has 1 aliphatic rings. The van der Waals surface area contributed by atoms with Crippen molar-refractivity contribution < 1.29 is 14.3 Å². The molecule has 1 amide bonds. The Morgan fingerprint density at radius 2 is 2.00 bits per heavy atom. The number of para-hydroxylation sites is 1. The number of thiophene rings is 1. The number of carbonyl (C=O) groups excluding carboxylic acids is 1. The van der Waals surface area contributed by atoms with Crippen LogP contribution in [0.2, 0.25) is 0 Å². The first-order valence-corrected chi connectivity index (χ1v) is 11.1. The van der Waals surface area contributed by atoms with Crippen LogP contribution < -0.4 is 20.1 Å². The maximum atomic E-state index is 12.8. The van der Waals surface area contributed by atoms with E-state index in [1.54, 1.807) is 23.5 Å². The van der Waals surface area contributed by atoms with Gasteiger partial charge in [0.25, 0.3) is 0 Å². The Morgan fingerprint density at radius 3 is 2.87 bits per heavy atom. The highest BCUT2D eigenvalue weighted by molar-refractivity contribution is 7.10. The predicted octanol–water partition coefficient (Wildman–Crippen LogP) is 4.71. The van der Waals surface area contributed by atoms with Crippen molar-refractivity contribution in [2.45, 2.75) is 18.9 Å². The van der Waals surface area contributed by atoms with E-state index in [0.29, 0.717) is 23.7 Å². The van der Waals surface area contributed by atoms with Crippen molar-refractivity contribution in [3.8, 4) is 11.5 Å². The first kappa shape index (κ1) is 19.7. The van der Waals surface area contributed by atoms with Gasteiger partial charge in [0.2, 0.25) is 12.7 Å². The first-order valence-electron chi connectivity index (χ1n) is 10.2. The van der Waals surface area contributed by atoms with Crippen LogP contribution in [0.5, 0.6) is 11.5 Å². The molecule has 3 heterocycles. The van der Waals surface area contributed by atoms with Gasteiger partial charge in [0.1, 0.15) is 0 Å². The SMILES string of the molecule is C[C@H](NC[C@H](c1cccs1)c1c[nH]c2ccccc12)C(=O)Nc1ccc2c(c1)OCO2. The van der Waals surface area contributed by atoms with Gasteiger partial charge in [0.05, 0.1) is 6.04 Å². The zero-order chi connectivity index (χ0) is 21.2. The Morgan fingerprint density at radius 1 is 1.13 bits per heavy atom. The number of aromatic nitrogens is 1. The standard InChI is InChI=1S/C24H23N3O3S/c1-15(24(28)27-16-8-9-21-22(11-16)30-14-29-21)25-13-19(23-7-4-10-31-23)18-12-26-20-6-3-2-5-17(18)20/h2-12,15,19,25-26H,13-14H2,1H3,(H,27,28)/t15-,19-/m0/s1. The Balaban J connectivity index is 1.29. The smallest absolute Gasteiger partial charge is 0.241 e. The van der Waals surface area contributed by atoms with Crippen LogP contribution in [0.1, 0.15) is 23.3 Å². The normalized spacial score (nSPS) is 14.5. The lowest BCUT2D eigenvalue weighted by molar-refractivity contribution is -0.117. The molecule has 5 rings (SSSR count). The molecule has 0 fully saturated rings. The van der Waals surface area contributed by atoms with E-state index in [1.165, 1.54) is 15.8 Å². The molecular formula is C24H23N3O3S. The molecule has 158 valence electrons. The highest BCUT2D eigenvalue weighted by Gasteiger charge is 2.22. The van der Waals surface area contributed by atoms with Gasteiger partial charge in [0, 0.05) is 46.2 Å². The van der Waals surface area contributed by atoms with Crippen LogP contribution >= 0.6 is 11.3 Å². The van der Waals surface area contributed by atoms with Gasteiger partial charge >= 0.3 is 0 Å². The molecule has 0 saturated carbocycles. The van der Waals surface area contributed by atoms with Gasteiger partial charge in [-0.25, -0.2) is 0 Å². The van der Waals surface area contributed by atoms with E-state index >= 15 is 0 Å². The average Bonchev–Trinajstić information content (AvgIpc) is 3.55. The fourth-order valence-electron chi connectivity index (χ4n) is 3.85. The number of aromatic amines is 1. The van der Waals surface area contributed by atoms with Gasteiger partial charge in [-0.1, -0.05) is 24.3 Å². The van der Waals surface area contributed by atoms with Crippen molar-refractivity contribution in [2.24, 2.45) is 0 Å². The molecule has 1 aliphatic heterocycles. The van der Waals surface area contributed by atoms with Crippen LogP contribution in [0.15, 0.2) is 66.2 Å². The second-order valence-electron chi connectivity index (χ2n) is 7.54. The van der Waals surface area contributed by atoms with Crippen molar-refractivity contribution in [3.05, 3.63) is 76.6 Å². The zero-order valence-electron chi connectivity index (χ0n) is 17.1. The minimum atomic E-state index is -0.363. The summed E-state index contributed by atoms with van der Waals surface area (Å²) in [5.41, 5.74) is 3.04. The van der Waals surface area contributed by atoms with E-state index in [2.05, 4.69) is 57.5 Å². The van der Waals surface area contributed by atoms with E-state index < -0.39 is 0 Å². The van der Waals surface area contributed by atoms with Gasteiger partial charge in [-0.3, -0.25) is 4.79 Å². The van der Waals surface area contributed by atoms with Crippen LogP contribution in [-0.2, 0) is 4.79 Å². The summed E-state index contributed by atoms with van der Waals surface area (Å²) in [5.74, 6) is 1.40. The predicted molar refractivity (Wildman–Crippen MR) is 123 cm³/mol. The maximum absolute atomic E-state index is 12.8. The number of fused-ring (bicyclic) bond motifs is 2. The number of hydrogen-bond acceptors (Lipinski definition) is 5. The summed E-state index contributed by atoms with van der Waals surface area (Å²) in [6.45, 7) is 2.74. The molecule has 0 radical (unpaired) electrons. The largest absolute Gasteiger partial charge is 0.454 e. The highest BCUT2D eigenvalue weighted by atomic mass is 32.1. The van der Waals surface area contributed by atoms with E-state index in [-0.39, 0.29) is 24.7 Å². The summed E-state index contributed by atoms with van der Waals surface area (Å²) in [5, 5.41) is 9.67. The van der Waals surface area contributed by atoms with Gasteiger partial charge in [-0.2, -0.15) is 0 Å². The number of anilines is 1. The van der Waals surface area contributed by atoms with Crippen LogP contribution in [0.3, 0.4) is 0 Å². The molecule has 0 saturated heterocycles. The van der Waals surface area contributed by atoms with Crippen molar-refractivity contribution in [1.29, 1.82) is 0 Å². The van der Waals surface area contributed by atoms with E-state index in [0.717, 1.165) is 5.52 Å². The fraction of sp³-hybridized carbons (Fsp3) is 0.208. The van der Waals surface area contributed by atoms with Gasteiger partial charge in [-0.15, -0.1) is 11.3 Å². The van der Waals surface area contributed by atoms with Crippen LogP contribution in [0, 0.1) is 0 Å². The second-order valence-corrected chi connectivity index (χ2v) is 8.52. The summed E-state index contributed by atoms with van der Waals surface area (Å²) in [7, 11) is 0. The molecule has 0 aliphatic carbocycles. The minimum absolute atomic E-state index is 0.0947. The second kappa shape index (κ2) is 8.45. The van der Waals surface area contributed by atoms with E-state index in [1.807, 2.05) is 19.1 Å². The number of carbonyl (C=O) groups is 1. The Hall–Kier alpha value is -3.29. The van der Waals surface area contributed by atoms with Gasteiger partial charge in [-0.05, 0) is 42.1 Å². The Bertz CT molecular complexity index is 1200. The van der Waals surface area contributed by atoms with Crippen molar-refractivity contribution in [3.63, 3.8) is 0 Å². The lowest BCUT2D eigenvalue weighted by Crippen LogP contribution is -2.40. The summed E-state index contributed by atoms with van der Waals surface area (Å²) in [6, 6.07) is 17.6. The minimum Gasteiger partial charge on any atom is -0.454 e. The summed E-state index contributed by atoms with van der Waals surface area (Å²) >= 11 is 1.73. The third kappa shape index (κ3) is 4.02. The molecule has 31 heavy (non-hydrogen) atoms. The summed E-state index contributed by atoms with van der Waals surface area (Å²) < 4.78 is 10.7. The number of rotatable bonds is 7. The molecule has 2 atom stereocenters. The number of hydrogen-bond donors (Lipinski definition) is 3. The van der Waals surface area contributed by atoms with Crippen molar-refractivity contribution >= 4 is 33.8 Å². The highest BCUT2D eigenvalue weighted by Crippen LogP contribution is 2.35. The molecule has 0 spiro atoms. The van der Waals surface area contributed by atoms with Gasteiger partial charge < -0.3 is 25.1 Å². The number of nitrogens with one attached hydrogen (secondary N) is 3. The topological polar surface area (TPSA) is 75.4 Å². The van der Waals surface area contributed by atoms with Gasteiger partial charge in [0.15, 0.2) is 11.5 Å². The number of benzene rings is 2. The Labute approximate surface area is 184 Å². The summed E-state index contributed by atoms with van der Waals surface area (Å²) in [6.07, 6.45) is 2.08. The molecule has 6 nitrogen and oxygen atoms in total.